The minimum atomic E-state index is -0.751. The molecule has 1 fully saturated rings. The van der Waals surface area contributed by atoms with Gasteiger partial charge in [-0.2, -0.15) is 0 Å². The average molecular weight is 270 g/mol. The van der Waals surface area contributed by atoms with Crippen LogP contribution in [-0.2, 0) is 4.79 Å². The molecule has 0 radical (unpaired) electrons. The van der Waals surface area contributed by atoms with Gasteiger partial charge in [0, 0.05) is 12.6 Å². The Hall–Kier alpha value is -0.610. The van der Waals surface area contributed by atoms with Gasteiger partial charge in [-0.1, -0.05) is 13.8 Å². The van der Waals surface area contributed by atoms with Crippen molar-refractivity contribution in [1.29, 1.82) is 0 Å². The number of nitrogens with one attached hydrogen (secondary N) is 1. The zero-order valence-corrected chi connectivity index (χ0v) is 12.9. The molecule has 0 amide bonds. The van der Waals surface area contributed by atoms with Crippen molar-refractivity contribution in [3.63, 3.8) is 0 Å². The number of hydrogen-bond donors (Lipinski definition) is 2. The van der Waals surface area contributed by atoms with Gasteiger partial charge in [0.2, 0.25) is 0 Å². The number of hydrogen-bond acceptors (Lipinski definition) is 3. The van der Waals surface area contributed by atoms with E-state index in [2.05, 4.69) is 24.1 Å². The first-order valence-electron chi connectivity index (χ1n) is 7.69. The van der Waals surface area contributed by atoms with Gasteiger partial charge in [0.1, 0.15) is 5.54 Å². The first-order valence-corrected chi connectivity index (χ1v) is 7.69. The molecule has 1 rings (SSSR count). The fourth-order valence-corrected chi connectivity index (χ4v) is 2.94. The molecule has 4 heteroatoms. The molecule has 0 spiro atoms. The van der Waals surface area contributed by atoms with Crippen molar-refractivity contribution in [3.8, 4) is 0 Å². The topological polar surface area (TPSA) is 52.6 Å². The minimum absolute atomic E-state index is 0.196. The van der Waals surface area contributed by atoms with Gasteiger partial charge in [0.05, 0.1) is 0 Å². The van der Waals surface area contributed by atoms with Crippen LogP contribution in [-0.4, -0.2) is 47.2 Å². The Morgan fingerprint density at radius 1 is 1.32 bits per heavy atom. The molecule has 0 heterocycles. The Bertz CT molecular complexity index is 284. The molecule has 0 aromatic rings. The molecule has 1 aliphatic carbocycles. The van der Waals surface area contributed by atoms with Gasteiger partial charge in [-0.25, -0.2) is 0 Å². The number of carboxylic acid groups (broad SMARTS) is 1. The van der Waals surface area contributed by atoms with Crippen molar-refractivity contribution >= 4 is 5.97 Å². The quantitative estimate of drug-likeness (QED) is 0.640. The Balaban J connectivity index is 2.84. The lowest BCUT2D eigenvalue weighted by molar-refractivity contribution is -0.147. The normalized spacial score (nSPS) is 18.8. The highest BCUT2D eigenvalue weighted by Crippen LogP contribution is 2.41. The molecular weight excluding hydrogens is 240 g/mol. The van der Waals surface area contributed by atoms with Gasteiger partial charge in [0.25, 0.3) is 0 Å². The maximum atomic E-state index is 11.9. The van der Waals surface area contributed by atoms with Crippen LogP contribution in [0.25, 0.3) is 0 Å². The van der Waals surface area contributed by atoms with E-state index in [0.717, 1.165) is 38.8 Å². The fourth-order valence-electron chi connectivity index (χ4n) is 2.94. The van der Waals surface area contributed by atoms with Crippen LogP contribution in [0.1, 0.15) is 53.4 Å². The molecule has 2 N–H and O–H groups in total. The highest BCUT2D eigenvalue weighted by Gasteiger charge is 2.52. The highest BCUT2D eigenvalue weighted by molar-refractivity contribution is 5.80. The smallest absolute Gasteiger partial charge is 0.325 e. The van der Waals surface area contributed by atoms with Gasteiger partial charge in [-0.3, -0.25) is 10.1 Å². The lowest BCUT2D eigenvalue weighted by Crippen LogP contribution is -2.62. The van der Waals surface area contributed by atoms with E-state index in [1.807, 2.05) is 13.8 Å². The molecule has 4 nitrogen and oxygen atoms in total. The molecule has 112 valence electrons. The number of aliphatic carboxylic acids is 1. The summed E-state index contributed by atoms with van der Waals surface area (Å²) in [7, 11) is 0. The SMILES string of the molecule is CCCN(CCC)CC(NC(C)C)(C(=O)O)C1CC1. The summed E-state index contributed by atoms with van der Waals surface area (Å²) in [6, 6.07) is 0.196. The van der Waals surface area contributed by atoms with Crippen molar-refractivity contribution in [2.24, 2.45) is 5.92 Å². The van der Waals surface area contributed by atoms with Crippen LogP contribution in [0.2, 0.25) is 0 Å². The molecule has 1 aliphatic rings. The van der Waals surface area contributed by atoms with E-state index < -0.39 is 11.5 Å². The Morgan fingerprint density at radius 3 is 2.16 bits per heavy atom. The van der Waals surface area contributed by atoms with E-state index in [1.54, 1.807) is 0 Å². The van der Waals surface area contributed by atoms with Crippen LogP contribution in [0, 0.1) is 5.92 Å². The monoisotopic (exact) mass is 270 g/mol. The maximum Gasteiger partial charge on any atom is 0.325 e. The predicted molar refractivity (Wildman–Crippen MR) is 78.4 cm³/mol. The van der Waals surface area contributed by atoms with E-state index in [9.17, 15) is 9.90 Å². The zero-order valence-electron chi connectivity index (χ0n) is 12.9. The molecule has 19 heavy (non-hydrogen) atoms. The third-order valence-corrected chi connectivity index (χ3v) is 3.75. The van der Waals surface area contributed by atoms with E-state index in [-0.39, 0.29) is 6.04 Å². The van der Waals surface area contributed by atoms with Crippen molar-refractivity contribution in [2.75, 3.05) is 19.6 Å². The Kier molecular flexibility index (Phi) is 6.27. The van der Waals surface area contributed by atoms with E-state index >= 15 is 0 Å². The lowest BCUT2D eigenvalue weighted by atomic mass is 9.91. The number of carboxylic acids is 1. The number of carbonyl (C=O) groups is 1. The molecule has 1 unspecified atom stereocenters. The summed E-state index contributed by atoms with van der Waals surface area (Å²) in [6.07, 6.45) is 4.22. The van der Waals surface area contributed by atoms with Crippen LogP contribution < -0.4 is 5.32 Å². The Morgan fingerprint density at radius 2 is 1.84 bits per heavy atom. The first-order chi connectivity index (χ1) is 8.96. The van der Waals surface area contributed by atoms with Crippen molar-refractivity contribution < 1.29 is 9.90 Å². The van der Waals surface area contributed by atoms with Crippen LogP contribution in [0.3, 0.4) is 0 Å². The van der Waals surface area contributed by atoms with Gasteiger partial charge < -0.3 is 10.0 Å². The van der Waals surface area contributed by atoms with E-state index in [1.165, 1.54) is 0 Å². The van der Waals surface area contributed by atoms with Gasteiger partial charge in [0.15, 0.2) is 0 Å². The fraction of sp³-hybridized carbons (Fsp3) is 0.933. The third-order valence-electron chi connectivity index (χ3n) is 3.75. The molecule has 0 aliphatic heterocycles. The summed E-state index contributed by atoms with van der Waals surface area (Å²) in [5.41, 5.74) is -0.751. The molecule has 0 saturated heterocycles. The molecule has 1 atom stereocenters. The van der Waals surface area contributed by atoms with Crippen LogP contribution >= 0.6 is 0 Å². The summed E-state index contributed by atoms with van der Waals surface area (Å²) < 4.78 is 0. The summed E-state index contributed by atoms with van der Waals surface area (Å²) in [5.74, 6) is -0.385. The van der Waals surface area contributed by atoms with Crippen molar-refractivity contribution in [1.82, 2.24) is 10.2 Å². The van der Waals surface area contributed by atoms with Crippen molar-refractivity contribution in [2.45, 2.75) is 65.0 Å². The van der Waals surface area contributed by atoms with Crippen molar-refractivity contribution in [3.05, 3.63) is 0 Å². The molecular formula is C15H30N2O2. The number of rotatable bonds is 10. The molecule has 0 aromatic carbocycles. The highest BCUT2D eigenvalue weighted by atomic mass is 16.4. The first kappa shape index (κ1) is 16.4. The second-order valence-electron chi connectivity index (χ2n) is 6.13. The van der Waals surface area contributed by atoms with Gasteiger partial charge in [-0.15, -0.1) is 0 Å². The minimum Gasteiger partial charge on any atom is -0.480 e. The second kappa shape index (κ2) is 7.25. The lowest BCUT2D eigenvalue weighted by Gasteiger charge is -2.37. The third kappa shape index (κ3) is 4.46. The zero-order chi connectivity index (χ0) is 14.5. The number of nitrogens with zero attached hydrogens (tertiary/aromatic N) is 1. The van der Waals surface area contributed by atoms with Crippen LogP contribution in [0.15, 0.2) is 0 Å². The van der Waals surface area contributed by atoms with Crippen LogP contribution in [0.4, 0.5) is 0 Å². The average Bonchev–Trinajstić information content (AvgIpc) is 3.11. The largest absolute Gasteiger partial charge is 0.480 e. The summed E-state index contributed by atoms with van der Waals surface area (Å²) in [6.45, 7) is 11.0. The summed E-state index contributed by atoms with van der Waals surface area (Å²) in [5, 5.41) is 13.1. The maximum absolute atomic E-state index is 11.9. The van der Waals surface area contributed by atoms with Gasteiger partial charge in [-0.05, 0) is 58.5 Å². The van der Waals surface area contributed by atoms with Crippen LogP contribution in [0.5, 0.6) is 0 Å². The molecule has 0 bridgehead atoms. The Labute approximate surface area is 117 Å². The summed E-state index contributed by atoms with van der Waals surface area (Å²) >= 11 is 0. The predicted octanol–water partition coefficient (Wildman–Crippen LogP) is 2.34. The van der Waals surface area contributed by atoms with Gasteiger partial charge >= 0.3 is 5.97 Å². The molecule has 1 saturated carbocycles. The summed E-state index contributed by atoms with van der Waals surface area (Å²) in [4.78, 5) is 14.2. The molecule has 0 aromatic heterocycles. The van der Waals surface area contributed by atoms with E-state index in [0.29, 0.717) is 12.5 Å². The van der Waals surface area contributed by atoms with E-state index in [4.69, 9.17) is 0 Å². The second-order valence-corrected chi connectivity index (χ2v) is 6.13. The standard InChI is InChI=1S/C15H30N2O2/c1-5-9-17(10-6-2)11-15(14(18)19,13-7-8-13)16-12(3)4/h12-13,16H,5-11H2,1-4H3,(H,18,19).